The lowest BCUT2D eigenvalue weighted by atomic mass is 9.92. The van der Waals surface area contributed by atoms with E-state index >= 15 is 0 Å². The quantitative estimate of drug-likeness (QED) is 0.790. The lowest BCUT2D eigenvalue weighted by molar-refractivity contribution is 0.335. The summed E-state index contributed by atoms with van der Waals surface area (Å²) < 4.78 is 5.66. The summed E-state index contributed by atoms with van der Waals surface area (Å²) >= 11 is 4.98. The number of ether oxygens (including phenoxy) is 1. The van der Waals surface area contributed by atoms with Gasteiger partial charge in [0.25, 0.3) is 0 Å². The Kier molecular flexibility index (Phi) is 5.60. The minimum atomic E-state index is 0.357. The van der Waals surface area contributed by atoms with Crippen molar-refractivity contribution < 1.29 is 4.74 Å². The van der Waals surface area contributed by atoms with E-state index in [0.29, 0.717) is 23.4 Å². The van der Waals surface area contributed by atoms with Gasteiger partial charge in [0.2, 0.25) is 0 Å². The minimum absolute atomic E-state index is 0.357. The molecule has 1 rings (SSSR count). The summed E-state index contributed by atoms with van der Waals surface area (Å²) in [6.07, 6.45) is 0.751. The molecule has 0 radical (unpaired) electrons. The van der Waals surface area contributed by atoms with Crippen molar-refractivity contribution >= 4 is 17.2 Å². The molecular formula is C15H23NOS. The fourth-order valence-corrected chi connectivity index (χ4v) is 2.28. The fraction of sp³-hybridized carbons (Fsp3) is 0.533. The van der Waals surface area contributed by atoms with Gasteiger partial charge in [-0.15, -0.1) is 0 Å². The molecule has 1 aromatic rings. The zero-order chi connectivity index (χ0) is 13.7. The molecule has 100 valence electrons. The van der Waals surface area contributed by atoms with Crippen molar-refractivity contribution in [1.29, 1.82) is 0 Å². The standard InChI is InChI=1S/C15H23NOS/c1-5-17-14-7-6-12(9-13(14)10(2)3)11(4)8-15(16)18/h6-7,9-11H,5,8H2,1-4H3,(H2,16,18). The Labute approximate surface area is 116 Å². The Balaban J connectivity index is 3.02. The van der Waals surface area contributed by atoms with Crippen LogP contribution in [0.15, 0.2) is 18.2 Å². The van der Waals surface area contributed by atoms with Gasteiger partial charge in [0, 0.05) is 6.42 Å². The van der Waals surface area contributed by atoms with Crippen LogP contribution in [0.5, 0.6) is 5.75 Å². The third-order valence-corrected chi connectivity index (χ3v) is 3.20. The number of rotatable bonds is 6. The Bertz CT molecular complexity index is 415. The topological polar surface area (TPSA) is 35.2 Å². The van der Waals surface area contributed by atoms with Crippen molar-refractivity contribution in [2.24, 2.45) is 5.73 Å². The Morgan fingerprint density at radius 3 is 2.50 bits per heavy atom. The number of hydrogen-bond acceptors (Lipinski definition) is 2. The highest BCUT2D eigenvalue weighted by molar-refractivity contribution is 7.80. The highest BCUT2D eigenvalue weighted by Crippen LogP contribution is 2.31. The van der Waals surface area contributed by atoms with E-state index in [1.807, 2.05) is 6.92 Å². The number of thiocarbonyl (C=S) groups is 1. The first-order valence-electron chi connectivity index (χ1n) is 6.50. The van der Waals surface area contributed by atoms with Crippen LogP contribution < -0.4 is 10.5 Å². The molecule has 0 aliphatic rings. The molecule has 0 bridgehead atoms. The second-order valence-corrected chi connectivity index (χ2v) is 5.48. The van der Waals surface area contributed by atoms with Gasteiger partial charge in [0.1, 0.15) is 5.75 Å². The van der Waals surface area contributed by atoms with E-state index in [9.17, 15) is 0 Å². The van der Waals surface area contributed by atoms with Crippen LogP contribution in [0.1, 0.15) is 57.1 Å². The van der Waals surface area contributed by atoms with E-state index in [0.717, 1.165) is 12.2 Å². The highest BCUT2D eigenvalue weighted by atomic mass is 32.1. The highest BCUT2D eigenvalue weighted by Gasteiger charge is 2.13. The average molecular weight is 265 g/mol. The van der Waals surface area contributed by atoms with E-state index in [1.54, 1.807) is 0 Å². The van der Waals surface area contributed by atoms with Crippen molar-refractivity contribution in [1.82, 2.24) is 0 Å². The van der Waals surface area contributed by atoms with E-state index < -0.39 is 0 Å². The van der Waals surface area contributed by atoms with Gasteiger partial charge in [-0.1, -0.05) is 45.1 Å². The number of nitrogens with two attached hydrogens (primary N) is 1. The van der Waals surface area contributed by atoms with Crippen LogP contribution in [-0.2, 0) is 0 Å². The number of hydrogen-bond donors (Lipinski definition) is 1. The second kappa shape index (κ2) is 6.74. The molecule has 0 amide bonds. The van der Waals surface area contributed by atoms with E-state index in [-0.39, 0.29) is 0 Å². The summed E-state index contributed by atoms with van der Waals surface area (Å²) in [5.74, 6) is 1.79. The molecule has 0 heterocycles. The zero-order valence-corrected chi connectivity index (χ0v) is 12.5. The van der Waals surface area contributed by atoms with Crippen molar-refractivity contribution in [3.63, 3.8) is 0 Å². The Morgan fingerprint density at radius 1 is 1.33 bits per heavy atom. The van der Waals surface area contributed by atoms with Crippen molar-refractivity contribution in [2.45, 2.75) is 46.0 Å². The largest absolute Gasteiger partial charge is 0.494 e. The van der Waals surface area contributed by atoms with Crippen LogP contribution in [0.25, 0.3) is 0 Å². The first-order chi connectivity index (χ1) is 8.45. The summed E-state index contributed by atoms with van der Waals surface area (Å²) in [4.78, 5) is 0.572. The smallest absolute Gasteiger partial charge is 0.122 e. The lowest BCUT2D eigenvalue weighted by Crippen LogP contribution is -2.11. The SMILES string of the molecule is CCOc1ccc(C(C)CC(N)=S)cc1C(C)C. The first-order valence-corrected chi connectivity index (χ1v) is 6.91. The van der Waals surface area contributed by atoms with Crippen molar-refractivity contribution in [3.05, 3.63) is 29.3 Å². The summed E-state index contributed by atoms with van der Waals surface area (Å²) in [7, 11) is 0. The molecule has 2 nitrogen and oxygen atoms in total. The third-order valence-electron chi connectivity index (χ3n) is 3.03. The molecule has 0 aliphatic carbocycles. The van der Waals surface area contributed by atoms with Gasteiger partial charge >= 0.3 is 0 Å². The molecular weight excluding hydrogens is 242 g/mol. The normalized spacial score (nSPS) is 12.5. The van der Waals surface area contributed by atoms with E-state index in [2.05, 4.69) is 39.0 Å². The maximum atomic E-state index is 5.66. The van der Waals surface area contributed by atoms with E-state index in [1.165, 1.54) is 11.1 Å². The molecule has 0 aromatic heterocycles. The summed E-state index contributed by atoms with van der Waals surface area (Å²) in [5.41, 5.74) is 8.14. The third kappa shape index (κ3) is 3.98. The van der Waals surface area contributed by atoms with Crippen LogP contribution in [-0.4, -0.2) is 11.6 Å². The Hall–Kier alpha value is -1.09. The molecule has 1 aromatic carbocycles. The van der Waals surface area contributed by atoms with Gasteiger partial charge in [0.05, 0.1) is 11.6 Å². The van der Waals surface area contributed by atoms with Crippen LogP contribution in [0, 0.1) is 0 Å². The van der Waals surface area contributed by atoms with Crippen LogP contribution >= 0.6 is 12.2 Å². The van der Waals surface area contributed by atoms with E-state index in [4.69, 9.17) is 22.7 Å². The molecule has 18 heavy (non-hydrogen) atoms. The molecule has 0 saturated carbocycles. The maximum absolute atomic E-state index is 5.66. The van der Waals surface area contributed by atoms with Gasteiger partial charge in [-0.25, -0.2) is 0 Å². The second-order valence-electron chi connectivity index (χ2n) is 4.96. The molecule has 1 unspecified atom stereocenters. The molecule has 3 heteroatoms. The molecule has 0 aliphatic heterocycles. The average Bonchev–Trinajstić information content (AvgIpc) is 2.28. The van der Waals surface area contributed by atoms with Crippen molar-refractivity contribution in [3.8, 4) is 5.75 Å². The summed E-state index contributed by atoms with van der Waals surface area (Å²) in [5, 5.41) is 0. The summed E-state index contributed by atoms with van der Waals surface area (Å²) in [6, 6.07) is 6.39. The minimum Gasteiger partial charge on any atom is -0.494 e. The molecule has 0 spiro atoms. The first kappa shape index (κ1) is 15.0. The molecule has 0 saturated heterocycles. The molecule has 2 N–H and O–H groups in total. The fourth-order valence-electron chi connectivity index (χ4n) is 2.03. The summed E-state index contributed by atoms with van der Waals surface area (Å²) in [6.45, 7) is 9.22. The monoisotopic (exact) mass is 265 g/mol. The Morgan fingerprint density at radius 2 is 2.00 bits per heavy atom. The van der Waals surface area contributed by atoms with Gasteiger partial charge in [-0.2, -0.15) is 0 Å². The van der Waals surface area contributed by atoms with Crippen molar-refractivity contribution in [2.75, 3.05) is 6.61 Å². The number of benzene rings is 1. The molecule has 0 fully saturated rings. The lowest BCUT2D eigenvalue weighted by Gasteiger charge is -2.17. The zero-order valence-electron chi connectivity index (χ0n) is 11.7. The maximum Gasteiger partial charge on any atom is 0.122 e. The van der Waals surface area contributed by atoms with Crippen LogP contribution in [0.2, 0.25) is 0 Å². The predicted octanol–water partition coefficient (Wildman–Crippen LogP) is 3.99. The van der Waals surface area contributed by atoms with Gasteiger partial charge in [0.15, 0.2) is 0 Å². The molecule has 1 atom stereocenters. The van der Waals surface area contributed by atoms with Crippen LogP contribution in [0.3, 0.4) is 0 Å². The van der Waals surface area contributed by atoms with Gasteiger partial charge in [-0.3, -0.25) is 0 Å². The van der Waals surface area contributed by atoms with Crippen LogP contribution in [0.4, 0.5) is 0 Å². The van der Waals surface area contributed by atoms with Gasteiger partial charge < -0.3 is 10.5 Å². The van der Waals surface area contributed by atoms with Gasteiger partial charge in [-0.05, 0) is 36.0 Å². The predicted molar refractivity (Wildman–Crippen MR) is 81.5 cm³/mol.